The van der Waals surface area contributed by atoms with Crippen LogP contribution in [0.5, 0.6) is 5.75 Å². The van der Waals surface area contributed by atoms with Gasteiger partial charge >= 0.3 is 6.09 Å². The number of furan rings is 1. The Balaban J connectivity index is 1.70. The average Bonchev–Trinajstić information content (AvgIpc) is 3.13. The molecule has 3 aromatic rings. The van der Waals surface area contributed by atoms with Gasteiger partial charge in [0, 0.05) is 43.2 Å². The molecule has 0 bridgehead atoms. The van der Waals surface area contributed by atoms with E-state index < -0.39 is 0 Å². The SMILES string of the molecule is CCOC(=O)N1CCN(c2c(-c3ccccc3)oc3cc(OC)ccc23)CC1. The van der Waals surface area contributed by atoms with E-state index in [4.69, 9.17) is 13.9 Å². The molecule has 2 aromatic carbocycles. The molecule has 4 rings (SSSR count). The van der Waals surface area contributed by atoms with E-state index >= 15 is 0 Å². The Morgan fingerprint density at radius 2 is 1.82 bits per heavy atom. The van der Waals surface area contributed by atoms with E-state index in [1.165, 1.54) is 0 Å². The van der Waals surface area contributed by atoms with Crippen LogP contribution in [0.1, 0.15) is 6.92 Å². The number of rotatable bonds is 4. The lowest BCUT2D eigenvalue weighted by atomic mass is 10.1. The second kappa shape index (κ2) is 7.84. The first-order chi connectivity index (χ1) is 13.7. The molecule has 6 heteroatoms. The molecular weight excluding hydrogens is 356 g/mol. The van der Waals surface area contributed by atoms with Gasteiger partial charge in [0.2, 0.25) is 0 Å². The van der Waals surface area contributed by atoms with Crippen LogP contribution in [0.15, 0.2) is 52.9 Å². The van der Waals surface area contributed by atoms with Crippen LogP contribution in [0.4, 0.5) is 10.5 Å². The highest BCUT2D eigenvalue weighted by Crippen LogP contribution is 2.42. The van der Waals surface area contributed by atoms with Gasteiger partial charge in [0.1, 0.15) is 11.3 Å². The maximum atomic E-state index is 12.0. The minimum atomic E-state index is -0.243. The van der Waals surface area contributed by atoms with Crippen LogP contribution >= 0.6 is 0 Å². The standard InChI is InChI=1S/C22H24N2O4/c1-3-27-22(25)24-13-11-23(12-14-24)20-18-10-9-17(26-2)15-19(18)28-21(20)16-7-5-4-6-8-16/h4-10,15H,3,11-14H2,1-2H3. The Hall–Kier alpha value is -3.15. The second-order valence-corrected chi connectivity index (χ2v) is 6.68. The lowest BCUT2D eigenvalue weighted by Gasteiger charge is -2.35. The fourth-order valence-electron chi connectivity index (χ4n) is 3.62. The molecule has 1 amide bonds. The van der Waals surface area contributed by atoms with E-state index in [1.807, 2.05) is 55.5 Å². The molecule has 146 valence electrons. The van der Waals surface area contributed by atoms with E-state index in [0.29, 0.717) is 19.7 Å². The van der Waals surface area contributed by atoms with Crippen LogP contribution < -0.4 is 9.64 Å². The normalized spacial score (nSPS) is 14.4. The Morgan fingerprint density at radius 1 is 1.07 bits per heavy atom. The second-order valence-electron chi connectivity index (χ2n) is 6.68. The number of carbonyl (C=O) groups is 1. The first-order valence-electron chi connectivity index (χ1n) is 9.54. The van der Waals surface area contributed by atoms with Gasteiger partial charge in [-0.1, -0.05) is 30.3 Å². The summed E-state index contributed by atoms with van der Waals surface area (Å²) in [6.45, 7) is 4.90. The number of ether oxygens (including phenoxy) is 2. The molecule has 1 aromatic heterocycles. The minimum absolute atomic E-state index is 0.243. The van der Waals surface area contributed by atoms with Gasteiger partial charge in [0.05, 0.1) is 19.4 Å². The number of hydrogen-bond acceptors (Lipinski definition) is 5. The predicted molar refractivity (Wildman–Crippen MR) is 109 cm³/mol. The number of benzene rings is 2. The first-order valence-corrected chi connectivity index (χ1v) is 9.54. The molecule has 2 heterocycles. The van der Waals surface area contributed by atoms with E-state index in [9.17, 15) is 4.79 Å². The average molecular weight is 380 g/mol. The van der Waals surface area contributed by atoms with E-state index in [0.717, 1.165) is 46.8 Å². The molecule has 0 radical (unpaired) electrons. The maximum absolute atomic E-state index is 12.0. The summed E-state index contributed by atoms with van der Waals surface area (Å²) in [5.41, 5.74) is 2.88. The number of amides is 1. The molecule has 1 fully saturated rings. The third kappa shape index (κ3) is 3.38. The molecule has 0 aliphatic carbocycles. The lowest BCUT2D eigenvalue weighted by molar-refractivity contribution is 0.105. The summed E-state index contributed by atoms with van der Waals surface area (Å²) in [5.74, 6) is 1.60. The molecule has 1 aliphatic heterocycles. The molecule has 1 saturated heterocycles. The van der Waals surface area contributed by atoms with Crippen LogP contribution in [0.25, 0.3) is 22.3 Å². The van der Waals surface area contributed by atoms with Crippen molar-refractivity contribution in [3.8, 4) is 17.1 Å². The van der Waals surface area contributed by atoms with Gasteiger partial charge in [-0.15, -0.1) is 0 Å². The number of fused-ring (bicyclic) bond motifs is 1. The number of nitrogens with zero attached hydrogens (tertiary/aromatic N) is 2. The van der Waals surface area contributed by atoms with Crippen molar-refractivity contribution in [2.45, 2.75) is 6.92 Å². The Kier molecular flexibility index (Phi) is 5.10. The Morgan fingerprint density at radius 3 is 2.50 bits per heavy atom. The Bertz CT molecular complexity index is 959. The third-order valence-electron chi connectivity index (χ3n) is 5.03. The van der Waals surface area contributed by atoms with Crippen molar-refractivity contribution in [3.05, 3.63) is 48.5 Å². The minimum Gasteiger partial charge on any atom is -0.497 e. The summed E-state index contributed by atoms with van der Waals surface area (Å²) in [6.07, 6.45) is -0.243. The first kappa shape index (κ1) is 18.2. The van der Waals surface area contributed by atoms with Crippen molar-refractivity contribution in [2.75, 3.05) is 44.8 Å². The fraction of sp³-hybridized carbons (Fsp3) is 0.318. The van der Waals surface area contributed by atoms with Crippen LogP contribution in [-0.2, 0) is 4.74 Å². The van der Waals surface area contributed by atoms with Crippen LogP contribution in [0, 0.1) is 0 Å². The van der Waals surface area contributed by atoms with E-state index in [1.54, 1.807) is 12.0 Å². The molecule has 0 spiro atoms. The largest absolute Gasteiger partial charge is 0.497 e. The monoisotopic (exact) mass is 380 g/mol. The fourth-order valence-corrected chi connectivity index (χ4v) is 3.62. The zero-order valence-electron chi connectivity index (χ0n) is 16.2. The zero-order valence-corrected chi connectivity index (χ0v) is 16.2. The highest BCUT2D eigenvalue weighted by Gasteiger charge is 2.27. The number of methoxy groups -OCH3 is 1. The summed E-state index contributed by atoms with van der Waals surface area (Å²) >= 11 is 0. The van der Waals surface area contributed by atoms with E-state index in [-0.39, 0.29) is 6.09 Å². The summed E-state index contributed by atoms with van der Waals surface area (Å²) in [7, 11) is 1.65. The van der Waals surface area contributed by atoms with Crippen molar-refractivity contribution < 1.29 is 18.7 Å². The van der Waals surface area contributed by atoms with Crippen LogP contribution in [0.2, 0.25) is 0 Å². The molecule has 0 unspecified atom stereocenters. The Labute approximate surface area is 164 Å². The summed E-state index contributed by atoms with van der Waals surface area (Å²) in [6, 6.07) is 16.0. The van der Waals surface area contributed by atoms with Gasteiger partial charge in [-0.25, -0.2) is 4.79 Å². The molecule has 28 heavy (non-hydrogen) atoms. The molecule has 1 aliphatic rings. The summed E-state index contributed by atoms with van der Waals surface area (Å²) < 4.78 is 16.8. The topological polar surface area (TPSA) is 55.2 Å². The molecule has 0 N–H and O–H groups in total. The molecule has 6 nitrogen and oxygen atoms in total. The molecule has 0 saturated carbocycles. The van der Waals surface area contributed by atoms with Gasteiger partial charge in [-0.3, -0.25) is 0 Å². The number of hydrogen-bond donors (Lipinski definition) is 0. The quantitative estimate of drug-likeness (QED) is 0.672. The highest BCUT2D eigenvalue weighted by atomic mass is 16.6. The van der Waals surface area contributed by atoms with Gasteiger partial charge in [-0.2, -0.15) is 0 Å². The van der Waals surface area contributed by atoms with Gasteiger partial charge in [-0.05, 0) is 19.1 Å². The van der Waals surface area contributed by atoms with Crippen molar-refractivity contribution >= 4 is 22.7 Å². The third-order valence-corrected chi connectivity index (χ3v) is 5.03. The summed E-state index contributed by atoms with van der Waals surface area (Å²) in [5, 5.41) is 1.05. The highest BCUT2D eigenvalue weighted by molar-refractivity contribution is 6.00. The van der Waals surface area contributed by atoms with Crippen LogP contribution in [0.3, 0.4) is 0 Å². The predicted octanol–water partition coefficient (Wildman–Crippen LogP) is 4.39. The van der Waals surface area contributed by atoms with E-state index in [2.05, 4.69) is 4.90 Å². The number of anilines is 1. The van der Waals surface area contributed by atoms with Crippen LogP contribution in [-0.4, -0.2) is 50.9 Å². The summed E-state index contributed by atoms with van der Waals surface area (Å²) in [4.78, 5) is 16.1. The smallest absolute Gasteiger partial charge is 0.409 e. The maximum Gasteiger partial charge on any atom is 0.409 e. The molecule has 0 atom stereocenters. The van der Waals surface area contributed by atoms with Crippen molar-refractivity contribution in [2.24, 2.45) is 0 Å². The van der Waals surface area contributed by atoms with Gasteiger partial charge in [0.15, 0.2) is 5.76 Å². The number of carbonyl (C=O) groups excluding carboxylic acids is 1. The molecular formula is C22H24N2O4. The van der Waals surface area contributed by atoms with Gasteiger partial charge < -0.3 is 23.7 Å². The lowest BCUT2D eigenvalue weighted by Crippen LogP contribution is -2.49. The van der Waals surface area contributed by atoms with Gasteiger partial charge in [0.25, 0.3) is 0 Å². The van der Waals surface area contributed by atoms with Crippen molar-refractivity contribution in [1.29, 1.82) is 0 Å². The number of piperazine rings is 1. The van der Waals surface area contributed by atoms with Crippen molar-refractivity contribution in [1.82, 2.24) is 4.90 Å². The van der Waals surface area contributed by atoms with Crippen molar-refractivity contribution in [3.63, 3.8) is 0 Å². The zero-order chi connectivity index (χ0) is 19.5.